The Bertz CT molecular complexity index is 546. The highest BCUT2D eigenvalue weighted by atomic mass is 32.2. The van der Waals surface area contributed by atoms with Gasteiger partial charge in [0.25, 0.3) is 0 Å². The Kier molecular flexibility index (Phi) is 5.49. The Morgan fingerprint density at radius 3 is 2.95 bits per heavy atom. The second kappa shape index (κ2) is 6.93. The Hall–Kier alpha value is -0.560. The Balaban J connectivity index is 1.90. The Labute approximate surface area is 125 Å². The molecule has 1 aliphatic rings. The molecule has 2 N–H and O–H groups in total. The molecule has 1 unspecified atom stereocenters. The molecule has 4 nitrogen and oxygen atoms in total. The third kappa shape index (κ3) is 4.48. The van der Waals surface area contributed by atoms with Gasteiger partial charge in [0.1, 0.15) is 0 Å². The maximum Gasteiger partial charge on any atom is 0.211 e. The molecular formula is C14H22N2O2S2. The number of sulfonamides is 1. The first-order valence-electron chi connectivity index (χ1n) is 6.86. The minimum Gasteiger partial charge on any atom is -0.326 e. The highest BCUT2D eigenvalue weighted by Gasteiger charge is 2.25. The zero-order valence-corrected chi connectivity index (χ0v) is 13.4. The van der Waals surface area contributed by atoms with Crippen molar-refractivity contribution < 1.29 is 8.42 Å². The quantitative estimate of drug-likeness (QED) is 0.843. The van der Waals surface area contributed by atoms with Crippen LogP contribution in [0.4, 0.5) is 0 Å². The second-order valence-corrected chi connectivity index (χ2v) is 8.37. The maximum absolute atomic E-state index is 11.6. The number of benzene rings is 1. The minimum absolute atomic E-state index is 0.435. The summed E-state index contributed by atoms with van der Waals surface area (Å²) in [5.74, 6) is 1.39. The lowest BCUT2D eigenvalue weighted by molar-refractivity contribution is 0.286. The largest absolute Gasteiger partial charge is 0.326 e. The van der Waals surface area contributed by atoms with Crippen molar-refractivity contribution >= 4 is 21.8 Å². The number of rotatable bonds is 5. The van der Waals surface area contributed by atoms with Crippen molar-refractivity contribution in [3.8, 4) is 0 Å². The van der Waals surface area contributed by atoms with Gasteiger partial charge in [0.2, 0.25) is 10.0 Å². The monoisotopic (exact) mass is 314 g/mol. The van der Waals surface area contributed by atoms with E-state index in [1.807, 2.05) is 12.1 Å². The Morgan fingerprint density at radius 2 is 2.25 bits per heavy atom. The fraction of sp³-hybridized carbons (Fsp3) is 0.571. The lowest BCUT2D eigenvalue weighted by Gasteiger charge is -2.30. The minimum atomic E-state index is -3.04. The van der Waals surface area contributed by atoms with E-state index in [0.29, 0.717) is 25.6 Å². The number of thioether (sulfide) groups is 1. The first-order valence-corrected chi connectivity index (χ1v) is 9.69. The van der Waals surface area contributed by atoms with Crippen LogP contribution in [0.1, 0.15) is 18.4 Å². The van der Waals surface area contributed by atoms with Gasteiger partial charge in [0, 0.05) is 30.3 Å². The first kappa shape index (κ1) is 15.8. The van der Waals surface area contributed by atoms with Crippen LogP contribution in [0.15, 0.2) is 29.2 Å². The van der Waals surface area contributed by atoms with Crippen molar-refractivity contribution in [2.45, 2.75) is 24.3 Å². The van der Waals surface area contributed by atoms with E-state index in [-0.39, 0.29) is 0 Å². The average Bonchev–Trinajstić information content (AvgIpc) is 2.45. The van der Waals surface area contributed by atoms with Crippen LogP contribution < -0.4 is 5.73 Å². The number of piperidine rings is 1. The number of hydrogen-bond acceptors (Lipinski definition) is 4. The van der Waals surface area contributed by atoms with Crippen LogP contribution in [0.25, 0.3) is 0 Å². The average molecular weight is 314 g/mol. The highest BCUT2D eigenvalue weighted by molar-refractivity contribution is 7.99. The van der Waals surface area contributed by atoms with Gasteiger partial charge in [-0.25, -0.2) is 12.7 Å². The number of hydrogen-bond donors (Lipinski definition) is 1. The van der Waals surface area contributed by atoms with Crippen LogP contribution in [0.3, 0.4) is 0 Å². The third-order valence-corrected chi connectivity index (χ3v) is 6.07. The molecule has 0 amide bonds. The van der Waals surface area contributed by atoms with Crippen molar-refractivity contribution in [1.29, 1.82) is 0 Å². The van der Waals surface area contributed by atoms with Gasteiger partial charge in [-0.2, -0.15) is 0 Å². The van der Waals surface area contributed by atoms with Crippen LogP contribution in [0.5, 0.6) is 0 Å². The summed E-state index contributed by atoms with van der Waals surface area (Å²) in [6.45, 7) is 1.88. The molecule has 1 aromatic rings. The molecule has 1 atom stereocenters. The molecule has 0 radical (unpaired) electrons. The van der Waals surface area contributed by atoms with Crippen molar-refractivity contribution in [3.63, 3.8) is 0 Å². The van der Waals surface area contributed by atoms with E-state index in [4.69, 9.17) is 5.73 Å². The lowest BCUT2D eigenvalue weighted by Crippen LogP contribution is -2.39. The van der Waals surface area contributed by atoms with Gasteiger partial charge < -0.3 is 5.73 Å². The van der Waals surface area contributed by atoms with Crippen LogP contribution in [0, 0.1) is 5.92 Å². The van der Waals surface area contributed by atoms with Crippen molar-refractivity contribution in [2.24, 2.45) is 11.7 Å². The summed E-state index contributed by atoms with van der Waals surface area (Å²) in [6, 6.07) is 8.24. The molecule has 1 aromatic carbocycles. The van der Waals surface area contributed by atoms with Crippen LogP contribution in [-0.2, 0) is 16.6 Å². The maximum atomic E-state index is 11.6. The van der Waals surface area contributed by atoms with Gasteiger partial charge in [0.05, 0.1) is 6.26 Å². The molecule has 0 spiro atoms. The molecule has 1 saturated heterocycles. The van der Waals surface area contributed by atoms with Crippen LogP contribution in [0.2, 0.25) is 0 Å². The van der Waals surface area contributed by atoms with Crippen molar-refractivity contribution in [2.75, 3.05) is 25.1 Å². The Morgan fingerprint density at radius 1 is 1.45 bits per heavy atom. The van der Waals surface area contributed by atoms with Gasteiger partial charge in [-0.05, 0) is 36.5 Å². The SMILES string of the molecule is CS(=O)(=O)N1CCCC(CSc2cccc(CN)c2)C1. The molecule has 0 aromatic heterocycles. The van der Waals surface area contributed by atoms with Gasteiger partial charge in [0.15, 0.2) is 0 Å². The molecule has 0 bridgehead atoms. The normalized spacial score (nSPS) is 21.0. The second-order valence-electron chi connectivity index (χ2n) is 5.29. The molecule has 6 heteroatoms. The number of nitrogens with two attached hydrogens (primary N) is 1. The summed E-state index contributed by atoms with van der Waals surface area (Å²) in [5.41, 5.74) is 6.78. The van der Waals surface area contributed by atoms with Crippen LogP contribution >= 0.6 is 11.8 Å². The van der Waals surface area contributed by atoms with E-state index < -0.39 is 10.0 Å². The van der Waals surface area contributed by atoms with Gasteiger partial charge >= 0.3 is 0 Å². The third-order valence-electron chi connectivity index (χ3n) is 3.57. The van der Waals surface area contributed by atoms with Gasteiger partial charge in [-0.15, -0.1) is 11.8 Å². The molecule has 0 saturated carbocycles. The number of nitrogens with zero attached hydrogens (tertiary/aromatic N) is 1. The smallest absolute Gasteiger partial charge is 0.211 e. The van der Waals surface area contributed by atoms with Gasteiger partial charge in [-0.3, -0.25) is 0 Å². The summed E-state index contributed by atoms with van der Waals surface area (Å²) < 4.78 is 24.8. The van der Waals surface area contributed by atoms with Gasteiger partial charge in [-0.1, -0.05) is 12.1 Å². The van der Waals surface area contributed by atoms with E-state index in [1.165, 1.54) is 11.2 Å². The predicted octanol–water partition coefficient (Wildman–Crippen LogP) is 1.91. The fourth-order valence-electron chi connectivity index (χ4n) is 2.44. The molecule has 1 aliphatic heterocycles. The standard InChI is InChI=1S/C14H22N2O2S2/c1-20(17,18)16-7-3-5-13(10-16)11-19-14-6-2-4-12(8-14)9-15/h2,4,6,8,13H,3,5,7,9-11,15H2,1H3. The summed E-state index contributed by atoms with van der Waals surface area (Å²) in [7, 11) is -3.04. The molecule has 0 aliphatic carbocycles. The van der Waals surface area contributed by atoms with E-state index in [9.17, 15) is 8.42 Å². The fourth-order valence-corrected chi connectivity index (χ4v) is 4.49. The van der Waals surface area contributed by atoms with E-state index in [1.54, 1.807) is 16.1 Å². The highest BCUT2D eigenvalue weighted by Crippen LogP contribution is 2.27. The summed E-state index contributed by atoms with van der Waals surface area (Å²) >= 11 is 1.79. The molecule has 112 valence electrons. The summed E-state index contributed by atoms with van der Waals surface area (Å²) in [5, 5.41) is 0. The van der Waals surface area contributed by atoms with Crippen molar-refractivity contribution in [3.05, 3.63) is 29.8 Å². The summed E-state index contributed by atoms with van der Waals surface area (Å²) in [4.78, 5) is 1.21. The topological polar surface area (TPSA) is 63.4 Å². The summed E-state index contributed by atoms with van der Waals surface area (Å²) in [6.07, 6.45) is 3.37. The van der Waals surface area contributed by atoms with E-state index in [0.717, 1.165) is 24.2 Å². The molecule has 20 heavy (non-hydrogen) atoms. The first-order chi connectivity index (χ1) is 9.49. The predicted molar refractivity (Wildman–Crippen MR) is 84.2 cm³/mol. The van der Waals surface area contributed by atoms with E-state index >= 15 is 0 Å². The zero-order chi connectivity index (χ0) is 14.6. The van der Waals surface area contributed by atoms with Crippen molar-refractivity contribution in [1.82, 2.24) is 4.31 Å². The molecule has 1 fully saturated rings. The van der Waals surface area contributed by atoms with Crippen LogP contribution in [-0.4, -0.2) is 37.8 Å². The molecule has 1 heterocycles. The molecular weight excluding hydrogens is 292 g/mol. The lowest BCUT2D eigenvalue weighted by atomic mass is 10.0. The van der Waals surface area contributed by atoms with E-state index in [2.05, 4.69) is 12.1 Å². The molecule has 2 rings (SSSR count). The zero-order valence-electron chi connectivity index (χ0n) is 11.8.